The number of aromatic carboxylic acids is 1. The first-order valence-corrected chi connectivity index (χ1v) is 7.29. The molecule has 1 aromatic carbocycles. The second-order valence-electron chi connectivity index (χ2n) is 5.84. The Balaban J connectivity index is 0.00000242. The number of rotatable bonds is 6. The summed E-state index contributed by atoms with van der Waals surface area (Å²) in [6.45, 7) is 2.29. The van der Waals surface area contributed by atoms with Crippen molar-refractivity contribution in [1.29, 1.82) is 0 Å². The summed E-state index contributed by atoms with van der Waals surface area (Å²) in [5, 5.41) is 9.51. The summed E-state index contributed by atoms with van der Waals surface area (Å²) in [6, 6.07) is 5.99. The number of carbonyl (C=O) groups is 1. The number of methoxy groups -OCH3 is 1. The van der Waals surface area contributed by atoms with Gasteiger partial charge in [-0.2, -0.15) is 0 Å². The van der Waals surface area contributed by atoms with Crippen LogP contribution in [-0.2, 0) is 11.3 Å². The van der Waals surface area contributed by atoms with Gasteiger partial charge in [-0.1, -0.05) is 6.07 Å². The second kappa shape index (κ2) is 8.36. The number of ether oxygens (including phenoxy) is 1. The van der Waals surface area contributed by atoms with E-state index < -0.39 is 5.97 Å². The quantitative estimate of drug-likeness (QED) is 0.869. The van der Waals surface area contributed by atoms with E-state index in [4.69, 9.17) is 4.74 Å². The van der Waals surface area contributed by atoms with Gasteiger partial charge < -0.3 is 19.6 Å². The van der Waals surface area contributed by atoms with Crippen molar-refractivity contribution in [2.24, 2.45) is 0 Å². The van der Waals surface area contributed by atoms with E-state index in [1.54, 1.807) is 13.2 Å². The van der Waals surface area contributed by atoms with Crippen molar-refractivity contribution in [3.05, 3.63) is 29.3 Å². The van der Waals surface area contributed by atoms with E-state index in [1.165, 1.54) is 0 Å². The topological polar surface area (TPSA) is 53.0 Å². The summed E-state index contributed by atoms with van der Waals surface area (Å²) in [5.74, 6) is -0.876. The third kappa shape index (κ3) is 4.35. The van der Waals surface area contributed by atoms with Crippen LogP contribution in [0.3, 0.4) is 0 Å². The first kappa shape index (κ1) is 18.7. The number of anilines is 1. The van der Waals surface area contributed by atoms with Gasteiger partial charge in [-0.15, -0.1) is 12.4 Å². The number of benzene rings is 1. The summed E-state index contributed by atoms with van der Waals surface area (Å²) >= 11 is 0. The van der Waals surface area contributed by atoms with Crippen molar-refractivity contribution in [3.63, 3.8) is 0 Å². The lowest BCUT2D eigenvalue weighted by atomic mass is 10.1. The molecule has 1 N–H and O–H groups in total. The van der Waals surface area contributed by atoms with Gasteiger partial charge in [0.1, 0.15) is 0 Å². The van der Waals surface area contributed by atoms with Crippen LogP contribution in [0.2, 0.25) is 0 Å². The summed E-state index contributed by atoms with van der Waals surface area (Å²) in [5.41, 5.74) is 2.09. The van der Waals surface area contributed by atoms with Gasteiger partial charge in [0.2, 0.25) is 0 Å². The van der Waals surface area contributed by atoms with Crippen LogP contribution >= 0.6 is 12.4 Å². The maximum absolute atomic E-state index is 11.6. The average Bonchev–Trinajstić information content (AvgIpc) is 2.86. The molecule has 0 amide bonds. The number of hydrogen-bond donors (Lipinski definition) is 1. The fourth-order valence-electron chi connectivity index (χ4n) is 3.03. The second-order valence-corrected chi connectivity index (χ2v) is 5.84. The van der Waals surface area contributed by atoms with Gasteiger partial charge in [0.25, 0.3) is 0 Å². The molecule has 22 heavy (non-hydrogen) atoms. The summed E-state index contributed by atoms with van der Waals surface area (Å²) in [7, 11) is 5.72. The molecule has 0 saturated carbocycles. The van der Waals surface area contributed by atoms with E-state index in [2.05, 4.69) is 23.9 Å². The molecule has 6 heteroatoms. The molecule has 5 nitrogen and oxygen atoms in total. The fourth-order valence-corrected chi connectivity index (χ4v) is 3.03. The molecular weight excluding hydrogens is 304 g/mol. The summed E-state index contributed by atoms with van der Waals surface area (Å²) in [6.07, 6.45) is 2.22. The first-order valence-electron chi connectivity index (χ1n) is 7.29. The predicted octanol–water partition coefficient (Wildman–Crippen LogP) is 2.48. The van der Waals surface area contributed by atoms with Crippen LogP contribution in [-0.4, -0.2) is 56.3 Å². The lowest BCUT2D eigenvalue weighted by Crippen LogP contribution is -2.38. The van der Waals surface area contributed by atoms with Crippen LogP contribution in [0.4, 0.5) is 5.69 Å². The third-order valence-electron chi connectivity index (χ3n) is 3.86. The zero-order valence-corrected chi connectivity index (χ0v) is 14.2. The van der Waals surface area contributed by atoms with E-state index in [-0.39, 0.29) is 12.4 Å². The molecule has 0 radical (unpaired) electrons. The van der Waals surface area contributed by atoms with Crippen LogP contribution < -0.4 is 4.90 Å². The lowest BCUT2D eigenvalue weighted by molar-refractivity contribution is 0.0697. The molecule has 124 valence electrons. The Bertz CT molecular complexity index is 508. The van der Waals surface area contributed by atoms with E-state index >= 15 is 0 Å². The summed E-state index contributed by atoms with van der Waals surface area (Å²) < 4.78 is 5.09. The third-order valence-corrected chi connectivity index (χ3v) is 3.86. The number of carboxylic acids is 1. The van der Waals surface area contributed by atoms with E-state index in [0.717, 1.165) is 37.2 Å². The maximum Gasteiger partial charge on any atom is 0.337 e. The fraction of sp³-hybridized carbons (Fsp3) is 0.562. The largest absolute Gasteiger partial charge is 0.478 e. The highest BCUT2D eigenvalue weighted by molar-refractivity contribution is 5.95. The van der Waals surface area contributed by atoms with Crippen molar-refractivity contribution >= 4 is 24.1 Å². The minimum atomic E-state index is -0.876. The monoisotopic (exact) mass is 328 g/mol. The van der Waals surface area contributed by atoms with Crippen LogP contribution in [0.5, 0.6) is 0 Å². The first-order chi connectivity index (χ1) is 10.0. The molecule has 0 bridgehead atoms. The molecule has 1 saturated heterocycles. The van der Waals surface area contributed by atoms with E-state index in [0.29, 0.717) is 18.2 Å². The molecule has 1 unspecified atom stereocenters. The van der Waals surface area contributed by atoms with Gasteiger partial charge in [0.15, 0.2) is 0 Å². The molecule has 2 rings (SSSR count). The lowest BCUT2D eigenvalue weighted by Gasteiger charge is -2.30. The zero-order chi connectivity index (χ0) is 15.4. The number of halogens is 1. The van der Waals surface area contributed by atoms with Gasteiger partial charge >= 0.3 is 5.97 Å². The van der Waals surface area contributed by atoms with Gasteiger partial charge in [0.05, 0.1) is 17.9 Å². The maximum atomic E-state index is 11.6. The highest BCUT2D eigenvalue weighted by Gasteiger charge is 2.28. The van der Waals surface area contributed by atoms with Crippen LogP contribution in [0, 0.1) is 0 Å². The Labute approximate surface area is 138 Å². The van der Waals surface area contributed by atoms with Crippen LogP contribution in [0.1, 0.15) is 28.8 Å². The SMILES string of the molecule is COCc1ccc(N2CCCC2CN(C)C)c(C(=O)O)c1.Cl. The predicted molar refractivity (Wildman–Crippen MR) is 90.3 cm³/mol. The smallest absolute Gasteiger partial charge is 0.337 e. The molecule has 1 heterocycles. The van der Waals surface area contributed by atoms with Crippen LogP contribution in [0.25, 0.3) is 0 Å². The van der Waals surface area contributed by atoms with E-state index in [1.807, 2.05) is 12.1 Å². The zero-order valence-electron chi connectivity index (χ0n) is 13.4. The van der Waals surface area contributed by atoms with Crippen molar-refractivity contribution < 1.29 is 14.6 Å². The average molecular weight is 329 g/mol. The van der Waals surface area contributed by atoms with Gasteiger partial charge in [-0.25, -0.2) is 4.79 Å². The molecule has 1 atom stereocenters. The minimum absolute atomic E-state index is 0. The van der Waals surface area contributed by atoms with E-state index in [9.17, 15) is 9.90 Å². The summed E-state index contributed by atoms with van der Waals surface area (Å²) in [4.78, 5) is 16.0. The van der Waals surface area contributed by atoms with Crippen LogP contribution in [0.15, 0.2) is 18.2 Å². The number of nitrogens with zero attached hydrogens (tertiary/aromatic N) is 2. The number of carboxylic acid groups (broad SMARTS) is 1. The standard InChI is InChI=1S/C16H24N2O3.ClH/c1-17(2)10-13-5-4-8-18(13)15-7-6-12(11-21-3)9-14(15)16(19)20;/h6-7,9,13H,4-5,8,10-11H2,1-3H3,(H,19,20);1H. The molecule has 1 fully saturated rings. The Morgan fingerprint density at radius 2 is 2.18 bits per heavy atom. The van der Waals surface area contributed by atoms with Crippen molar-refractivity contribution in [2.75, 3.05) is 39.2 Å². The Kier molecular flexibility index (Phi) is 7.13. The van der Waals surface area contributed by atoms with Crippen molar-refractivity contribution in [3.8, 4) is 0 Å². The molecule has 0 aliphatic carbocycles. The van der Waals surface area contributed by atoms with Crippen molar-refractivity contribution in [2.45, 2.75) is 25.5 Å². The molecule has 1 aromatic rings. The number of hydrogen-bond acceptors (Lipinski definition) is 4. The molecular formula is C16H25ClN2O3. The number of likely N-dealkylation sites (N-methyl/N-ethyl adjacent to an activating group) is 1. The Morgan fingerprint density at radius 3 is 2.77 bits per heavy atom. The molecule has 0 aromatic heterocycles. The molecule has 0 spiro atoms. The Morgan fingerprint density at radius 1 is 1.45 bits per heavy atom. The molecule has 1 aliphatic rings. The highest BCUT2D eigenvalue weighted by atomic mass is 35.5. The highest BCUT2D eigenvalue weighted by Crippen LogP contribution is 2.30. The van der Waals surface area contributed by atoms with Gasteiger partial charge in [0, 0.05) is 26.2 Å². The molecule has 1 aliphatic heterocycles. The van der Waals surface area contributed by atoms with Crippen molar-refractivity contribution in [1.82, 2.24) is 4.90 Å². The normalized spacial score (nSPS) is 17.6. The Hall–Kier alpha value is -1.30. The van der Waals surface area contributed by atoms with Gasteiger partial charge in [-0.05, 0) is 44.6 Å². The minimum Gasteiger partial charge on any atom is -0.478 e. The van der Waals surface area contributed by atoms with Gasteiger partial charge in [-0.3, -0.25) is 0 Å².